The van der Waals surface area contributed by atoms with Crippen molar-refractivity contribution in [3.05, 3.63) is 52.0 Å². The molecule has 26 heavy (non-hydrogen) atoms. The number of rotatable bonds is 6. The van der Waals surface area contributed by atoms with Crippen molar-refractivity contribution in [3.8, 4) is 5.75 Å². The van der Waals surface area contributed by atoms with Crippen molar-refractivity contribution in [1.82, 2.24) is 0 Å². The summed E-state index contributed by atoms with van der Waals surface area (Å²) < 4.78 is 32.0. The molecule has 0 bridgehead atoms. The molecular weight excluding hydrogens is 399 g/mol. The lowest BCUT2D eigenvalue weighted by Crippen LogP contribution is -2.19. The third-order valence-electron chi connectivity index (χ3n) is 3.85. The highest BCUT2D eigenvalue weighted by Crippen LogP contribution is 2.33. The number of halogens is 2. The molecule has 2 aromatic carbocycles. The highest BCUT2D eigenvalue weighted by molar-refractivity contribution is 7.93. The van der Waals surface area contributed by atoms with Crippen LogP contribution in [0.15, 0.2) is 36.4 Å². The fraction of sp³-hybridized carbons (Fsp3) is 0.235. The second kappa shape index (κ2) is 7.34. The van der Waals surface area contributed by atoms with E-state index in [9.17, 15) is 13.2 Å². The van der Waals surface area contributed by atoms with Crippen LogP contribution >= 0.6 is 23.2 Å². The fourth-order valence-corrected chi connectivity index (χ4v) is 4.01. The van der Waals surface area contributed by atoms with E-state index >= 15 is 0 Å². The van der Waals surface area contributed by atoms with Gasteiger partial charge in [-0.15, -0.1) is 0 Å². The molecule has 0 atom stereocenters. The monoisotopic (exact) mass is 414 g/mol. The van der Waals surface area contributed by atoms with Gasteiger partial charge in [-0.3, -0.25) is 9.52 Å². The van der Waals surface area contributed by atoms with Gasteiger partial charge in [-0.05, 0) is 49.2 Å². The lowest BCUT2D eigenvalue weighted by molar-refractivity contribution is 0.102. The molecule has 1 aliphatic rings. The van der Waals surface area contributed by atoms with Crippen molar-refractivity contribution in [3.63, 3.8) is 0 Å². The van der Waals surface area contributed by atoms with Crippen molar-refractivity contribution < 1.29 is 17.9 Å². The summed E-state index contributed by atoms with van der Waals surface area (Å²) in [6, 6.07) is 9.23. The molecule has 2 aromatic rings. The van der Waals surface area contributed by atoms with Gasteiger partial charge in [-0.25, -0.2) is 8.42 Å². The molecule has 138 valence electrons. The van der Waals surface area contributed by atoms with Crippen LogP contribution in [0.1, 0.15) is 23.2 Å². The van der Waals surface area contributed by atoms with E-state index in [4.69, 9.17) is 27.9 Å². The van der Waals surface area contributed by atoms with Gasteiger partial charge in [0, 0.05) is 11.3 Å². The summed E-state index contributed by atoms with van der Waals surface area (Å²) in [7, 11) is -2.05. The number of hydrogen-bond donors (Lipinski definition) is 2. The Bertz CT molecular complexity index is 959. The minimum Gasteiger partial charge on any atom is -0.495 e. The summed E-state index contributed by atoms with van der Waals surface area (Å²) in [4.78, 5) is 12.5. The van der Waals surface area contributed by atoms with Crippen molar-refractivity contribution in [2.45, 2.75) is 18.1 Å². The van der Waals surface area contributed by atoms with Crippen LogP contribution < -0.4 is 14.8 Å². The van der Waals surface area contributed by atoms with Crippen molar-refractivity contribution in [2.24, 2.45) is 0 Å². The molecule has 9 heteroatoms. The Morgan fingerprint density at radius 1 is 1.12 bits per heavy atom. The maximum Gasteiger partial charge on any atom is 0.255 e. The Morgan fingerprint density at radius 3 is 2.46 bits per heavy atom. The number of methoxy groups -OCH3 is 1. The molecule has 0 unspecified atom stereocenters. The summed E-state index contributed by atoms with van der Waals surface area (Å²) >= 11 is 11.8. The van der Waals surface area contributed by atoms with Gasteiger partial charge in [-0.2, -0.15) is 0 Å². The second-order valence-electron chi connectivity index (χ2n) is 5.84. The van der Waals surface area contributed by atoms with Gasteiger partial charge in [0.15, 0.2) is 0 Å². The third kappa shape index (κ3) is 4.23. The lowest BCUT2D eigenvalue weighted by atomic mass is 10.1. The molecule has 0 aromatic heterocycles. The largest absolute Gasteiger partial charge is 0.495 e. The Labute approximate surface area is 161 Å². The molecular formula is C17H16Cl2N2O4S. The molecule has 1 aliphatic carbocycles. The van der Waals surface area contributed by atoms with Gasteiger partial charge in [0.05, 0.1) is 28.1 Å². The molecule has 1 saturated carbocycles. The normalized spacial score (nSPS) is 14.0. The van der Waals surface area contributed by atoms with E-state index in [2.05, 4.69) is 10.0 Å². The zero-order valence-electron chi connectivity index (χ0n) is 13.8. The minimum absolute atomic E-state index is 0.223. The van der Waals surface area contributed by atoms with Crippen molar-refractivity contribution in [1.29, 1.82) is 0 Å². The highest BCUT2D eigenvalue weighted by Gasteiger charge is 2.36. The first-order valence-corrected chi connectivity index (χ1v) is 10.1. The molecule has 6 nitrogen and oxygen atoms in total. The first-order valence-electron chi connectivity index (χ1n) is 7.76. The Morgan fingerprint density at radius 2 is 1.85 bits per heavy atom. The van der Waals surface area contributed by atoms with Crippen LogP contribution in [0.5, 0.6) is 5.75 Å². The van der Waals surface area contributed by atoms with Crippen LogP contribution in [-0.4, -0.2) is 26.7 Å². The number of ether oxygens (including phenoxy) is 1. The number of sulfonamides is 1. The number of nitrogens with one attached hydrogen (secondary N) is 2. The lowest BCUT2D eigenvalue weighted by Gasteiger charge is -2.13. The molecule has 2 N–H and O–H groups in total. The number of anilines is 2. The second-order valence-corrected chi connectivity index (χ2v) is 8.62. The van der Waals surface area contributed by atoms with E-state index in [0.29, 0.717) is 34.3 Å². The van der Waals surface area contributed by atoms with Crippen molar-refractivity contribution >= 4 is 50.5 Å². The van der Waals surface area contributed by atoms with Crippen LogP contribution in [-0.2, 0) is 10.0 Å². The summed E-state index contributed by atoms with van der Waals surface area (Å²) in [6.07, 6.45) is 1.27. The van der Waals surface area contributed by atoms with Crippen LogP contribution in [0.4, 0.5) is 11.4 Å². The zero-order valence-corrected chi connectivity index (χ0v) is 16.1. The topological polar surface area (TPSA) is 84.5 Å². The summed E-state index contributed by atoms with van der Waals surface area (Å²) in [5.41, 5.74) is 0.965. The van der Waals surface area contributed by atoms with Crippen LogP contribution in [0.2, 0.25) is 10.0 Å². The Balaban J connectivity index is 1.84. The van der Waals surface area contributed by atoms with Gasteiger partial charge < -0.3 is 10.1 Å². The van der Waals surface area contributed by atoms with E-state index in [1.807, 2.05) is 0 Å². The Kier molecular flexibility index (Phi) is 5.32. The Hall–Kier alpha value is -1.96. The van der Waals surface area contributed by atoms with Crippen LogP contribution in [0.3, 0.4) is 0 Å². The minimum atomic E-state index is -3.48. The number of carbonyl (C=O) groups excluding carboxylic acids is 1. The van der Waals surface area contributed by atoms with Crippen LogP contribution in [0.25, 0.3) is 0 Å². The fourth-order valence-electron chi connectivity index (χ4n) is 2.32. The average Bonchev–Trinajstić information content (AvgIpc) is 3.43. The molecule has 3 rings (SSSR count). The summed E-state index contributed by atoms with van der Waals surface area (Å²) in [6.45, 7) is 0. The van der Waals surface area contributed by atoms with Crippen molar-refractivity contribution in [2.75, 3.05) is 17.1 Å². The molecule has 0 heterocycles. The molecule has 0 aliphatic heterocycles. The highest BCUT2D eigenvalue weighted by atomic mass is 35.5. The maximum absolute atomic E-state index is 12.5. The first kappa shape index (κ1) is 18.8. The zero-order chi connectivity index (χ0) is 18.9. The SMILES string of the molecule is COc1ccc(C(=O)Nc2ccc(Cl)c(Cl)c2)cc1NS(=O)(=O)C1CC1. The predicted molar refractivity (Wildman–Crippen MR) is 103 cm³/mol. The van der Waals surface area contributed by atoms with E-state index < -0.39 is 15.9 Å². The average molecular weight is 415 g/mol. The van der Waals surface area contributed by atoms with E-state index in [0.717, 1.165) is 0 Å². The van der Waals surface area contributed by atoms with E-state index in [1.165, 1.54) is 25.3 Å². The van der Waals surface area contributed by atoms with Crippen LogP contribution in [0, 0.1) is 0 Å². The summed E-state index contributed by atoms with van der Waals surface area (Å²) in [5.74, 6) is -0.0850. The quantitative estimate of drug-likeness (QED) is 0.742. The van der Waals surface area contributed by atoms with E-state index in [-0.39, 0.29) is 16.5 Å². The summed E-state index contributed by atoms with van der Waals surface area (Å²) in [5, 5.41) is 3.00. The smallest absolute Gasteiger partial charge is 0.255 e. The number of benzene rings is 2. The third-order valence-corrected chi connectivity index (χ3v) is 6.45. The molecule has 0 radical (unpaired) electrons. The molecule has 0 saturated heterocycles. The standard InChI is InChI=1S/C17H16Cl2N2O4S/c1-25-16-7-2-10(8-15(16)21-26(23,24)12-4-5-12)17(22)20-11-3-6-13(18)14(19)9-11/h2-3,6-9,12,21H,4-5H2,1H3,(H,20,22). The molecule has 0 spiro atoms. The maximum atomic E-state index is 12.5. The van der Waals surface area contributed by atoms with Gasteiger partial charge >= 0.3 is 0 Å². The van der Waals surface area contributed by atoms with Gasteiger partial charge in [0.25, 0.3) is 5.91 Å². The van der Waals surface area contributed by atoms with E-state index in [1.54, 1.807) is 18.2 Å². The number of carbonyl (C=O) groups is 1. The molecule has 1 amide bonds. The first-order chi connectivity index (χ1) is 12.3. The predicted octanol–water partition coefficient (Wildman–Crippen LogP) is 4.16. The van der Waals surface area contributed by atoms with Gasteiger partial charge in [0.2, 0.25) is 10.0 Å². The van der Waals surface area contributed by atoms with Gasteiger partial charge in [-0.1, -0.05) is 23.2 Å². The number of amides is 1. The molecule has 1 fully saturated rings. The number of hydrogen-bond acceptors (Lipinski definition) is 4. The van der Waals surface area contributed by atoms with Gasteiger partial charge in [0.1, 0.15) is 5.75 Å².